The number of fused-ring (bicyclic) bond motifs is 3. The molecular weight excluding hydrogens is 549 g/mol. The summed E-state index contributed by atoms with van der Waals surface area (Å²) in [5.41, 5.74) is 9.37. The Labute approximate surface area is 251 Å². The average molecular weight is 571 g/mol. The molecule has 0 bridgehead atoms. The van der Waals surface area contributed by atoms with E-state index in [2.05, 4.69) is 57.4 Å². The van der Waals surface area contributed by atoms with Crippen molar-refractivity contribution in [2.45, 2.75) is 0 Å². The summed E-state index contributed by atoms with van der Waals surface area (Å²) >= 11 is 1.63. The SMILES string of the molecule is c1ccc(-c2nc(-c3ccc(-c4cc(-c5cccnc5)nc(-c5ccccn5)c4)cc3)c3sc4ncccc4c3n2)cc1. The fraction of sp³-hybridized carbons (Fsp3) is 0. The van der Waals surface area contributed by atoms with Crippen molar-refractivity contribution in [2.75, 3.05) is 0 Å². The van der Waals surface area contributed by atoms with E-state index in [4.69, 9.17) is 15.0 Å². The molecule has 0 unspecified atom stereocenters. The predicted molar refractivity (Wildman–Crippen MR) is 173 cm³/mol. The number of pyridine rings is 4. The van der Waals surface area contributed by atoms with Crippen molar-refractivity contribution in [3.05, 3.63) is 134 Å². The van der Waals surface area contributed by atoms with Gasteiger partial charge in [-0.05, 0) is 59.7 Å². The molecule has 0 spiro atoms. The van der Waals surface area contributed by atoms with Gasteiger partial charge < -0.3 is 0 Å². The van der Waals surface area contributed by atoms with Crippen LogP contribution < -0.4 is 0 Å². The molecule has 0 radical (unpaired) electrons. The van der Waals surface area contributed by atoms with Crippen molar-refractivity contribution >= 4 is 31.8 Å². The Hall–Kier alpha value is -5.66. The van der Waals surface area contributed by atoms with E-state index in [1.54, 1.807) is 23.7 Å². The number of thiophene rings is 1. The molecule has 0 aliphatic carbocycles. The van der Waals surface area contributed by atoms with Crippen molar-refractivity contribution in [3.63, 3.8) is 0 Å². The van der Waals surface area contributed by atoms with E-state index < -0.39 is 0 Å². The number of benzene rings is 2. The van der Waals surface area contributed by atoms with Crippen molar-refractivity contribution in [3.8, 4) is 56.4 Å². The Balaban J connectivity index is 1.27. The molecule has 202 valence electrons. The Bertz CT molecular complexity index is 2160. The molecule has 6 heterocycles. The Morgan fingerprint density at radius 2 is 1.26 bits per heavy atom. The first-order valence-corrected chi connectivity index (χ1v) is 14.7. The lowest BCUT2D eigenvalue weighted by molar-refractivity contribution is 1.24. The molecule has 0 atom stereocenters. The summed E-state index contributed by atoms with van der Waals surface area (Å²) in [6, 6.07) is 36.7. The zero-order chi connectivity index (χ0) is 28.6. The third-order valence-corrected chi connectivity index (χ3v) is 8.43. The van der Waals surface area contributed by atoms with Crippen molar-refractivity contribution in [1.82, 2.24) is 29.9 Å². The Morgan fingerprint density at radius 3 is 2.07 bits per heavy atom. The maximum absolute atomic E-state index is 5.09. The Morgan fingerprint density at radius 1 is 0.488 bits per heavy atom. The number of aromatic nitrogens is 6. The molecule has 2 aromatic carbocycles. The summed E-state index contributed by atoms with van der Waals surface area (Å²) in [6.45, 7) is 0. The molecular formula is C36H22N6S. The summed E-state index contributed by atoms with van der Waals surface area (Å²) in [7, 11) is 0. The van der Waals surface area contributed by atoms with Gasteiger partial charge in [0, 0.05) is 46.9 Å². The van der Waals surface area contributed by atoms with Gasteiger partial charge in [-0.15, -0.1) is 11.3 Å². The normalized spacial score (nSPS) is 11.3. The van der Waals surface area contributed by atoms with E-state index >= 15 is 0 Å². The number of rotatable bonds is 5. The maximum Gasteiger partial charge on any atom is 0.160 e. The average Bonchev–Trinajstić information content (AvgIpc) is 3.48. The highest BCUT2D eigenvalue weighted by Crippen LogP contribution is 2.39. The lowest BCUT2D eigenvalue weighted by Crippen LogP contribution is -1.94. The van der Waals surface area contributed by atoms with Crippen LogP contribution in [0.4, 0.5) is 0 Å². The first kappa shape index (κ1) is 25.1. The van der Waals surface area contributed by atoms with E-state index in [-0.39, 0.29) is 0 Å². The van der Waals surface area contributed by atoms with Gasteiger partial charge in [0.25, 0.3) is 0 Å². The molecule has 6 aromatic heterocycles. The summed E-state index contributed by atoms with van der Waals surface area (Å²) < 4.78 is 1.03. The molecule has 0 N–H and O–H groups in total. The molecule has 0 saturated heterocycles. The highest BCUT2D eigenvalue weighted by Gasteiger charge is 2.17. The lowest BCUT2D eigenvalue weighted by Gasteiger charge is -2.11. The quantitative estimate of drug-likeness (QED) is 0.206. The molecule has 0 aliphatic rings. The summed E-state index contributed by atoms with van der Waals surface area (Å²) in [6.07, 6.45) is 7.22. The van der Waals surface area contributed by atoms with E-state index in [0.29, 0.717) is 5.82 Å². The van der Waals surface area contributed by atoms with Gasteiger partial charge in [-0.2, -0.15) is 0 Å². The van der Waals surface area contributed by atoms with E-state index in [9.17, 15) is 0 Å². The minimum atomic E-state index is 0.700. The van der Waals surface area contributed by atoms with E-state index in [0.717, 1.165) is 71.0 Å². The highest BCUT2D eigenvalue weighted by atomic mass is 32.1. The van der Waals surface area contributed by atoms with Crippen molar-refractivity contribution in [2.24, 2.45) is 0 Å². The van der Waals surface area contributed by atoms with Gasteiger partial charge in [0.2, 0.25) is 0 Å². The van der Waals surface area contributed by atoms with Crippen LogP contribution in [0.2, 0.25) is 0 Å². The third-order valence-electron chi connectivity index (χ3n) is 7.32. The van der Waals surface area contributed by atoms with Crippen molar-refractivity contribution < 1.29 is 0 Å². The van der Waals surface area contributed by atoms with Crippen LogP contribution in [0.3, 0.4) is 0 Å². The molecule has 6 nitrogen and oxygen atoms in total. The zero-order valence-electron chi connectivity index (χ0n) is 22.8. The molecule has 7 heteroatoms. The number of hydrogen-bond donors (Lipinski definition) is 0. The van der Waals surface area contributed by atoms with E-state index in [1.807, 2.05) is 79.1 Å². The molecule has 0 aliphatic heterocycles. The minimum Gasteiger partial charge on any atom is -0.264 e. The van der Waals surface area contributed by atoms with Crippen molar-refractivity contribution in [1.29, 1.82) is 0 Å². The third kappa shape index (κ3) is 4.71. The van der Waals surface area contributed by atoms with Gasteiger partial charge in [-0.25, -0.2) is 19.9 Å². The second kappa shape index (κ2) is 10.6. The van der Waals surface area contributed by atoms with Gasteiger partial charge in [-0.1, -0.05) is 60.7 Å². The molecule has 43 heavy (non-hydrogen) atoms. The molecule has 8 rings (SSSR count). The number of nitrogens with zero attached hydrogens (tertiary/aromatic N) is 6. The van der Waals surface area contributed by atoms with Gasteiger partial charge >= 0.3 is 0 Å². The van der Waals surface area contributed by atoms with Crippen LogP contribution in [0.25, 0.3) is 76.9 Å². The smallest absolute Gasteiger partial charge is 0.160 e. The van der Waals surface area contributed by atoms with E-state index in [1.165, 1.54) is 0 Å². The number of hydrogen-bond acceptors (Lipinski definition) is 7. The second-order valence-corrected chi connectivity index (χ2v) is 11.1. The summed E-state index contributed by atoms with van der Waals surface area (Å²) in [5, 5.41) is 1.04. The van der Waals surface area contributed by atoms with Gasteiger partial charge in [-0.3, -0.25) is 9.97 Å². The van der Waals surface area contributed by atoms with Gasteiger partial charge in [0.15, 0.2) is 5.82 Å². The fourth-order valence-corrected chi connectivity index (χ4v) is 6.31. The summed E-state index contributed by atoms with van der Waals surface area (Å²) in [4.78, 5) is 29.5. The second-order valence-electron chi connectivity index (χ2n) is 10.1. The predicted octanol–water partition coefficient (Wildman–Crippen LogP) is 8.76. The molecule has 8 aromatic rings. The van der Waals surface area contributed by atoms with Gasteiger partial charge in [0.05, 0.1) is 33.0 Å². The topological polar surface area (TPSA) is 77.3 Å². The molecule has 0 fully saturated rings. The van der Waals surface area contributed by atoms with Crippen LogP contribution in [0, 0.1) is 0 Å². The largest absolute Gasteiger partial charge is 0.264 e. The maximum atomic E-state index is 5.09. The van der Waals surface area contributed by atoms with Crippen LogP contribution in [-0.4, -0.2) is 29.9 Å². The molecule has 0 amide bonds. The first-order chi connectivity index (χ1) is 21.3. The lowest BCUT2D eigenvalue weighted by atomic mass is 9.99. The zero-order valence-corrected chi connectivity index (χ0v) is 23.6. The monoisotopic (exact) mass is 570 g/mol. The molecule has 0 saturated carbocycles. The minimum absolute atomic E-state index is 0.700. The fourth-order valence-electron chi connectivity index (χ4n) is 5.22. The van der Waals surface area contributed by atoms with Crippen LogP contribution in [0.5, 0.6) is 0 Å². The highest BCUT2D eigenvalue weighted by molar-refractivity contribution is 7.25. The summed E-state index contributed by atoms with van der Waals surface area (Å²) in [5.74, 6) is 0.700. The van der Waals surface area contributed by atoms with Gasteiger partial charge in [0.1, 0.15) is 4.83 Å². The Kier molecular flexibility index (Phi) is 6.20. The first-order valence-electron chi connectivity index (χ1n) is 13.9. The van der Waals surface area contributed by atoms with Crippen LogP contribution in [0.1, 0.15) is 0 Å². The van der Waals surface area contributed by atoms with Crippen LogP contribution in [0.15, 0.2) is 134 Å². The van der Waals surface area contributed by atoms with Crippen LogP contribution >= 0.6 is 11.3 Å². The van der Waals surface area contributed by atoms with Crippen LogP contribution in [-0.2, 0) is 0 Å². The standard InChI is InChI=1S/C36H22N6S/c1-2-8-25(9-3-1)35-41-32(34-33(42-35)28-11-7-19-39-36(28)43-34)24-15-13-23(14-16-24)27-20-30(26-10-6-17-37-22-26)40-31(21-27)29-12-4-5-18-38-29/h1-22H.